The van der Waals surface area contributed by atoms with E-state index < -0.39 is 0 Å². The van der Waals surface area contributed by atoms with E-state index in [2.05, 4.69) is 44.8 Å². The molecule has 2 aromatic carbocycles. The maximum Gasteiger partial charge on any atom is 0.148 e. The molecule has 0 saturated carbocycles. The number of benzene rings is 2. The van der Waals surface area contributed by atoms with Crippen LogP contribution in [0.1, 0.15) is 5.56 Å². The SMILES string of the molecule is Fc1ccc(-c2ccc(NCc3ccc(-c4cccnc4)cc3)nn2)cc1. The van der Waals surface area contributed by atoms with Gasteiger partial charge in [-0.2, -0.15) is 0 Å². The van der Waals surface area contributed by atoms with Gasteiger partial charge in [0.15, 0.2) is 0 Å². The van der Waals surface area contributed by atoms with E-state index in [1.807, 2.05) is 30.5 Å². The molecule has 0 atom stereocenters. The Morgan fingerprint density at radius 2 is 1.52 bits per heavy atom. The Hall–Kier alpha value is -3.60. The minimum absolute atomic E-state index is 0.264. The number of halogens is 1. The van der Waals surface area contributed by atoms with Crippen LogP contribution in [-0.4, -0.2) is 15.2 Å². The lowest BCUT2D eigenvalue weighted by Crippen LogP contribution is -2.02. The Morgan fingerprint density at radius 3 is 2.19 bits per heavy atom. The Labute approximate surface area is 156 Å². The van der Waals surface area contributed by atoms with Gasteiger partial charge < -0.3 is 5.32 Å². The van der Waals surface area contributed by atoms with E-state index in [-0.39, 0.29) is 5.82 Å². The van der Waals surface area contributed by atoms with Crippen molar-refractivity contribution in [2.45, 2.75) is 6.54 Å². The summed E-state index contributed by atoms with van der Waals surface area (Å²) in [4.78, 5) is 4.15. The molecule has 0 aliphatic heterocycles. The van der Waals surface area contributed by atoms with Crippen molar-refractivity contribution < 1.29 is 4.39 Å². The fourth-order valence-electron chi connectivity index (χ4n) is 2.74. The van der Waals surface area contributed by atoms with Crippen LogP contribution in [0.3, 0.4) is 0 Å². The van der Waals surface area contributed by atoms with Gasteiger partial charge >= 0.3 is 0 Å². The molecule has 0 saturated heterocycles. The molecule has 4 aromatic rings. The molecule has 1 N–H and O–H groups in total. The average Bonchev–Trinajstić information content (AvgIpc) is 2.74. The largest absolute Gasteiger partial charge is 0.365 e. The van der Waals surface area contributed by atoms with Crippen LogP contribution in [0.2, 0.25) is 0 Å². The highest BCUT2D eigenvalue weighted by Crippen LogP contribution is 2.20. The van der Waals surface area contributed by atoms with E-state index in [1.165, 1.54) is 12.1 Å². The van der Waals surface area contributed by atoms with Crippen molar-refractivity contribution in [3.8, 4) is 22.4 Å². The number of nitrogens with zero attached hydrogens (tertiary/aromatic N) is 3. The third-order valence-corrected chi connectivity index (χ3v) is 4.23. The number of hydrogen-bond donors (Lipinski definition) is 1. The number of aromatic nitrogens is 3. The van der Waals surface area contributed by atoms with Crippen molar-refractivity contribution in [2.24, 2.45) is 0 Å². The third kappa shape index (κ3) is 4.15. The molecule has 0 aliphatic rings. The van der Waals surface area contributed by atoms with Crippen LogP contribution in [0, 0.1) is 5.82 Å². The van der Waals surface area contributed by atoms with Gasteiger partial charge in [0.05, 0.1) is 5.69 Å². The molecule has 2 heterocycles. The van der Waals surface area contributed by atoms with Gasteiger partial charge in [-0.25, -0.2) is 4.39 Å². The Balaban J connectivity index is 1.39. The van der Waals surface area contributed by atoms with E-state index in [0.717, 1.165) is 22.3 Å². The summed E-state index contributed by atoms with van der Waals surface area (Å²) >= 11 is 0. The van der Waals surface area contributed by atoms with Crippen molar-refractivity contribution in [1.82, 2.24) is 15.2 Å². The second-order valence-electron chi connectivity index (χ2n) is 6.10. The summed E-state index contributed by atoms with van der Waals surface area (Å²) in [6.45, 7) is 0.651. The standard InChI is InChI=1S/C22H17FN4/c23-20-9-7-18(8-10-20)21-11-12-22(27-26-21)25-14-16-3-5-17(6-4-16)19-2-1-13-24-15-19/h1-13,15H,14H2,(H,25,27). The summed E-state index contributed by atoms with van der Waals surface area (Å²) in [5, 5.41) is 11.7. The maximum absolute atomic E-state index is 13.0. The molecule has 0 unspecified atom stereocenters. The van der Waals surface area contributed by atoms with Crippen LogP contribution in [0.4, 0.5) is 10.2 Å². The molecule has 0 aliphatic carbocycles. The van der Waals surface area contributed by atoms with E-state index in [1.54, 1.807) is 18.3 Å². The van der Waals surface area contributed by atoms with Crippen molar-refractivity contribution in [3.63, 3.8) is 0 Å². The molecular formula is C22H17FN4. The quantitative estimate of drug-likeness (QED) is 0.549. The van der Waals surface area contributed by atoms with Gasteiger partial charge in [0.25, 0.3) is 0 Å². The zero-order valence-corrected chi connectivity index (χ0v) is 14.5. The van der Waals surface area contributed by atoms with Gasteiger partial charge in [0.2, 0.25) is 0 Å². The Bertz CT molecular complexity index is 999. The second kappa shape index (κ2) is 7.74. The maximum atomic E-state index is 13.0. The first-order chi connectivity index (χ1) is 13.3. The zero-order chi connectivity index (χ0) is 18.5. The molecule has 0 amide bonds. The van der Waals surface area contributed by atoms with Crippen LogP contribution in [0.15, 0.2) is 85.2 Å². The van der Waals surface area contributed by atoms with Crippen LogP contribution < -0.4 is 5.32 Å². The molecule has 0 bridgehead atoms. The van der Waals surface area contributed by atoms with Crippen molar-refractivity contribution in [3.05, 3.63) is 96.6 Å². The molecule has 2 aromatic heterocycles. The molecule has 4 nitrogen and oxygen atoms in total. The van der Waals surface area contributed by atoms with Gasteiger partial charge in [0, 0.05) is 24.5 Å². The molecule has 0 radical (unpaired) electrons. The number of nitrogens with one attached hydrogen (secondary N) is 1. The smallest absolute Gasteiger partial charge is 0.148 e. The van der Waals surface area contributed by atoms with E-state index in [9.17, 15) is 4.39 Å². The summed E-state index contributed by atoms with van der Waals surface area (Å²) in [7, 11) is 0. The number of hydrogen-bond acceptors (Lipinski definition) is 4. The molecule has 5 heteroatoms. The highest BCUT2D eigenvalue weighted by Gasteiger charge is 2.02. The molecule has 4 rings (SSSR count). The minimum Gasteiger partial charge on any atom is -0.365 e. The monoisotopic (exact) mass is 356 g/mol. The van der Waals surface area contributed by atoms with E-state index >= 15 is 0 Å². The number of anilines is 1. The fourth-order valence-corrected chi connectivity index (χ4v) is 2.74. The number of pyridine rings is 1. The van der Waals surface area contributed by atoms with Gasteiger partial charge in [-0.05, 0) is 59.2 Å². The lowest BCUT2D eigenvalue weighted by atomic mass is 10.1. The predicted molar refractivity (Wildman–Crippen MR) is 104 cm³/mol. The van der Waals surface area contributed by atoms with Crippen LogP contribution in [0.5, 0.6) is 0 Å². The van der Waals surface area contributed by atoms with Crippen LogP contribution in [0.25, 0.3) is 22.4 Å². The molecule has 27 heavy (non-hydrogen) atoms. The zero-order valence-electron chi connectivity index (χ0n) is 14.5. The minimum atomic E-state index is -0.264. The lowest BCUT2D eigenvalue weighted by molar-refractivity contribution is 0.628. The van der Waals surface area contributed by atoms with Crippen molar-refractivity contribution in [2.75, 3.05) is 5.32 Å². The molecule has 0 spiro atoms. The van der Waals surface area contributed by atoms with Crippen molar-refractivity contribution in [1.29, 1.82) is 0 Å². The second-order valence-corrected chi connectivity index (χ2v) is 6.10. The molecule has 132 valence electrons. The van der Waals surface area contributed by atoms with Gasteiger partial charge in [0.1, 0.15) is 11.6 Å². The highest BCUT2D eigenvalue weighted by molar-refractivity contribution is 5.62. The summed E-state index contributed by atoms with van der Waals surface area (Å²) in [6.07, 6.45) is 3.62. The first kappa shape index (κ1) is 16.8. The van der Waals surface area contributed by atoms with Crippen LogP contribution in [-0.2, 0) is 6.54 Å². The van der Waals surface area contributed by atoms with Gasteiger partial charge in [-0.3, -0.25) is 4.98 Å². The average molecular weight is 356 g/mol. The molecule has 0 fully saturated rings. The first-order valence-electron chi connectivity index (χ1n) is 8.61. The topological polar surface area (TPSA) is 50.7 Å². The summed E-state index contributed by atoms with van der Waals surface area (Å²) in [5.74, 6) is 0.428. The van der Waals surface area contributed by atoms with Crippen molar-refractivity contribution >= 4 is 5.82 Å². The Morgan fingerprint density at radius 1 is 0.741 bits per heavy atom. The summed E-state index contributed by atoms with van der Waals surface area (Å²) in [5.41, 5.74) is 4.92. The normalized spacial score (nSPS) is 10.6. The van der Waals surface area contributed by atoms with Gasteiger partial charge in [-0.15, -0.1) is 10.2 Å². The number of rotatable bonds is 5. The Kier molecular flexibility index (Phi) is 4.83. The van der Waals surface area contributed by atoms with Crippen LogP contribution >= 0.6 is 0 Å². The van der Waals surface area contributed by atoms with E-state index in [0.29, 0.717) is 18.1 Å². The molecular weight excluding hydrogens is 339 g/mol. The highest BCUT2D eigenvalue weighted by atomic mass is 19.1. The predicted octanol–water partition coefficient (Wildman–Crippen LogP) is 4.96. The third-order valence-electron chi connectivity index (χ3n) is 4.23. The van der Waals surface area contributed by atoms with E-state index in [4.69, 9.17) is 0 Å². The summed E-state index contributed by atoms with van der Waals surface area (Å²) in [6, 6.07) is 22.2. The fraction of sp³-hybridized carbons (Fsp3) is 0.0455. The summed E-state index contributed by atoms with van der Waals surface area (Å²) < 4.78 is 13.0. The first-order valence-corrected chi connectivity index (χ1v) is 8.61. The lowest BCUT2D eigenvalue weighted by Gasteiger charge is -2.07. The van der Waals surface area contributed by atoms with Gasteiger partial charge in [-0.1, -0.05) is 30.3 Å².